The van der Waals surface area contributed by atoms with E-state index >= 15 is 0 Å². The molecule has 0 heterocycles. The Hall–Kier alpha value is -1.31. The molecule has 0 spiro atoms. The summed E-state index contributed by atoms with van der Waals surface area (Å²) < 4.78 is 5.77. The summed E-state index contributed by atoms with van der Waals surface area (Å²) in [7, 11) is 0. The third kappa shape index (κ3) is 3.37. The van der Waals surface area contributed by atoms with E-state index < -0.39 is 0 Å². The van der Waals surface area contributed by atoms with Gasteiger partial charge in [0.25, 0.3) is 0 Å². The van der Waals surface area contributed by atoms with Crippen molar-refractivity contribution in [2.75, 3.05) is 0 Å². The zero-order valence-electron chi connectivity index (χ0n) is 10.3. The van der Waals surface area contributed by atoms with Gasteiger partial charge in [-0.25, -0.2) is 0 Å². The number of ketones is 1. The number of rotatable bonds is 6. The third-order valence-corrected chi connectivity index (χ3v) is 2.71. The second kappa shape index (κ2) is 6.31. The van der Waals surface area contributed by atoms with Crippen LogP contribution in [0.15, 0.2) is 24.3 Å². The molecule has 1 aromatic rings. The minimum atomic E-state index is 0.175. The summed E-state index contributed by atoms with van der Waals surface area (Å²) in [6.07, 6.45) is 2.83. The van der Waals surface area contributed by atoms with Crippen molar-refractivity contribution in [3.63, 3.8) is 0 Å². The molecule has 2 heteroatoms. The molecule has 0 atom stereocenters. The first-order valence-corrected chi connectivity index (χ1v) is 6.01. The van der Waals surface area contributed by atoms with Crippen molar-refractivity contribution in [1.29, 1.82) is 0 Å². The largest absolute Gasteiger partial charge is 0.490 e. The van der Waals surface area contributed by atoms with Crippen molar-refractivity contribution < 1.29 is 9.53 Å². The van der Waals surface area contributed by atoms with Gasteiger partial charge in [0, 0.05) is 12.0 Å². The molecule has 88 valence electrons. The molecule has 0 saturated heterocycles. The van der Waals surface area contributed by atoms with Crippen LogP contribution in [0.2, 0.25) is 0 Å². The van der Waals surface area contributed by atoms with Crippen LogP contribution in [0.4, 0.5) is 0 Å². The Morgan fingerprint density at radius 1 is 1.12 bits per heavy atom. The van der Waals surface area contributed by atoms with Gasteiger partial charge in [0.2, 0.25) is 0 Å². The van der Waals surface area contributed by atoms with Crippen LogP contribution in [0.5, 0.6) is 5.75 Å². The molecule has 16 heavy (non-hydrogen) atoms. The average Bonchev–Trinajstić information content (AvgIpc) is 2.35. The van der Waals surface area contributed by atoms with Crippen molar-refractivity contribution in [2.45, 2.75) is 46.1 Å². The van der Waals surface area contributed by atoms with Crippen LogP contribution in [-0.4, -0.2) is 11.9 Å². The maximum atomic E-state index is 11.4. The Labute approximate surface area is 97.6 Å². The SMILES string of the molecule is CCC(=O)c1ccc(OC(CC)CC)cc1. The predicted molar refractivity (Wildman–Crippen MR) is 66.1 cm³/mol. The van der Waals surface area contributed by atoms with Crippen LogP contribution >= 0.6 is 0 Å². The van der Waals surface area contributed by atoms with Gasteiger partial charge in [-0.1, -0.05) is 20.8 Å². The van der Waals surface area contributed by atoms with Crippen molar-refractivity contribution in [3.05, 3.63) is 29.8 Å². The molecule has 0 unspecified atom stereocenters. The van der Waals surface area contributed by atoms with Crippen LogP contribution in [-0.2, 0) is 0 Å². The monoisotopic (exact) mass is 220 g/mol. The Balaban J connectivity index is 2.67. The quantitative estimate of drug-likeness (QED) is 0.681. The lowest BCUT2D eigenvalue weighted by molar-refractivity contribution is 0.0988. The van der Waals surface area contributed by atoms with Gasteiger partial charge in [-0.05, 0) is 37.1 Å². The normalized spacial score (nSPS) is 10.5. The van der Waals surface area contributed by atoms with Gasteiger partial charge in [0.15, 0.2) is 5.78 Å². The van der Waals surface area contributed by atoms with E-state index in [0.29, 0.717) is 6.42 Å². The maximum Gasteiger partial charge on any atom is 0.162 e. The average molecular weight is 220 g/mol. The van der Waals surface area contributed by atoms with E-state index in [9.17, 15) is 4.79 Å². The number of benzene rings is 1. The highest BCUT2D eigenvalue weighted by atomic mass is 16.5. The maximum absolute atomic E-state index is 11.4. The minimum absolute atomic E-state index is 0.175. The number of ether oxygens (including phenoxy) is 1. The highest BCUT2D eigenvalue weighted by Gasteiger charge is 2.06. The molecular weight excluding hydrogens is 200 g/mol. The zero-order chi connectivity index (χ0) is 12.0. The van der Waals surface area contributed by atoms with Gasteiger partial charge in [-0.2, -0.15) is 0 Å². The number of carbonyl (C=O) groups is 1. The number of carbonyl (C=O) groups excluding carboxylic acids is 1. The lowest BCUT2D eigenvalue weighted by Crippen LogP contribution is -2.13. The molecule has 0 fully saturated rings. The van der Waals surface area contributed by atoms with Crippen molar-refractivity contribution in [2.24, 2.45) is 0 Å². The minimum Gasteiger partial charge on any atom is -0.490 e. The van der Waals surface area contributed by atoms with Crippen LogP contribution in [0.1, 0.15) is 50.4 Å². The molecule has 0 amide bonds. The van der Waals surface area contributed by atoms with Crippen LogP contribution in [0, 0.1) is 0 Å². The van der Waals surface area contributed by atoms with Crippen molar-refractivity contribution >= 4 is 5.78 Å². The van der Waals surface area contributed by atoms with E-state index in [0.717, 1.165) is 24.2 Å². The Morgan fingerprint density at radius 3 is 2.12 bits per heavy atom. The molecule has 0 aliphatic carbocycles. The van der Waals surface area contributed by atoms with Gasteiger partial charge in [0.1, 0.15) is 5.75 Å². The molecular formula is C14H20O2. The summed E-state index contributed by atoms with van der Waals surface area (Å²) in [5.74, 6) is 1.02. The number of hydrogen-bond acceptors (Lipinski definition) is 2. The summed E-state index contributed by atoms with van der Waals surface area (Å²) in [5, 5.41) is 0. The van der Waals surface area contributed by atoms with Crippen LogP contribution in [0.3, 0.4) is 0 Å². The van der Waals surface area contributed by atoms with E-state index in [-0.39, 0.29) is 11.9 Å². The summed E-state index contributed by atoms with van der Waals surface area (Å²) in [5.41, 5.74) is 0.763. The first-order chi connectivity index (χ1) is 7.71. The fourth-order valence-corrected chi connectivity index (χ4v) is 1.57. The van der Waals surface area contributed by atoms with Crippen LogP contribution in [0.25, 0.3) is 0 Å². The fraction of sp³-hybridized carbons (Fsp3) is 0.500. The summed E-state index contributed by atoms with van der Waals surface area (Å²) in [6, 6.07) is 7.43. The fourth-order valence-electron chi connectivity index (χ4n) is 1.57. The van der Waals surface area contributed by atoms with E-state index in [4.69, 9.17) is 4.74 Å². The zero-order valence-corrected chi connectivity index (χ0v) is 10.3. The number of Topliss-reactive ketones (excluding diaryl/α,β-unsaturated/α-hetero) is 1. The Kier molecular flexibility index (Phi) is 5.03. The summed E-state index contributed by atoms with van der Waals surface area (Å²) in [4.78, 5) is 11.4. The van der Waals surface area contributed by atoms with E-state index in [1.165, 1.54) is 0 Å². The first-order valence-electron chi connectivity index (χ1n) is 6.01. The standard InChI is InChI=1S/C14H20O2/c1-4-12(5-2)16-13-9-7-11(8-10-13)14(15)6-3/h7-10,12H,4-6H2,1-3H3. The Bertz CT molecular complexity index is 323. The van der Waals surface area contributed by atoms with E-state index in [1.807, 2.05) is 31.2 Å². The van der Waals surface area contributed by atoms with Gasteiger partial charge < -0.3 is 4.74 Å². The second-order valence-electron chi connectivity index (χ2n) is 3.86. The van der Waals surface area contributed by atoms with Crippen molar-refractivity contribution in [1.82, 2.24) is 0 Å². The number of hydrogen-bond donors (Lipinski definition) is 0. The summed E-state index contributed by atoms with van der Waals surface area (Å²) in [6.45, 7) is 6.10. The molecule has 0 aliphatic heterocycles. The van der Waals surface area contributed by atoms with Gasteiger partial charge in [0.05, 0.1) is 6.10 Å². The second-order valence-corrected chi connectivity index (χ2v) is 3.86. The summed E-state index contributed by atoms with van der Waals surface area (Å²) >= 11 is 0. The molecule has 0 aromatic heterocycles. The topological polar surface area (TPSA) is 26.3 Å². The van der Waals surface area contributed by atoms with Gasteiger partial charge >= 0.3 is 0 Å². The molecule has 0 aliphatic rings. The Morgan fingerprint density at radius 2 is 1.69 bits per heavy atom. The molecule has 0 saturated carbocycles. The van der Waals surface area contributed by atoms with E-state index in [2.05, 4.69) is 13.8 Å². The van der Waals surface area contributed by atoms with Crippen LogP contribution < -0.4 is 4.74 Å². The molecule has 0 bridgehead atoms. The van der Waals surface area contributed by atoms with Gasteiger partial charge in [-0.15, -0.1) is 0 Å². The molecule has 1 rings (SSSR count). The molecule has 2 nitrogen and oxygen atoms in total. The van der Waals surface area contributed by atoms with Crippen molar-refractivity contribution in [3.8, 4) is 5.75 Å². The predicted octanol–water partition coefficient (Wildman–Crippen LogP) is 3.85. The lowest BCUT2D eigenvalue weighted by Gasteiger charge is -2.15. The first kappa shape index (κ1) is 12.8. The lowest BCUT2D eigenvalue weighted by atomic mass is 10.1. The van der Waals surface area contributed by atoms with E-state index in [1.54, 1.807) is 0 Å². The highest BCUT2D eigenvalue weighted by molar-refractivity contribution is 5.95. The highest BCUT2D eigenvalue weighted by Crippen LogP contribution is 2.16. The molecule has 0 N–H and O–H groups in total. The molecule has 1 aromatic carbocycles. The van der Waals surface area contributed by atoms with Gasteiger partial charge in [-0.3, -0.25) is 4.79 Å². The third-order valence-electron chi connectivity index (χ3n) is 2.71. The molecule has 0 radical (unpaired) electrons. The smallest absolute Gasteiger partial charge is 0.162 e.